The Balaban J connectivity index is 4.34. The fourth-order valence-corrected chi connectivity index (χ4v) is 0.419. The third-order valence-electron chi connectivity index (χ3n) is 0.838. The molecular weight excluding hydrogens is 178 g/mol. The lowest BCUT2D eigenvalue weighted by Crippen LogP contribution is -2.22. The van der Waals surface area contributed by atoms with Crippen LogP contribution in [0.15, 0.2) is 5.10 Å². The first-order valence-electron chi connectivity index (χ1n) is 3.25. The predicted octanol–water partition coefficient (Wildman–Crippen LogP) is -0.303. The van der Waals surface area contributed by atoms with Gasteiger partial charge in [-0.1, -0.05) is 0 Å². The molecule has 0 aliphatic heterocycles. The number of carbonyl (C=O) groups excluding carboxylic acids is 1. The molecule has 0 spiro atoms. The molecule has 0 fully saturated rings. The van der Waals surface area contributed by atoms with E-state index in [1.165, 1.54) is 11.5 Å². The topological polar surface area (TPSA) is 112 Å². The highest BCUT2D eigenvalue weighted by molar-refractivity contribution is 6.43. The second kappa shape index (κ2) is 5.54. The second-order valence-electron chi connectivity index (χ2n) is 1.71. The number of ether oxygens (including phenoxy) is 1. The van der Waals surface area contributed by atoms with Crippen molar-refractivity contribution in [2.45, 2.75) is 6.92 Å². The molecule has 7 nitrogen and oxygen atoms in total. The number of rotatable bonds is 3. The smallest absolute Gasteiger partial charge is 0.425 e. The molecular formula is C6H7N3O4. The lowest BCUT2D eigenvalue weighted by atomic mass is 10.4. The van der Waals surface area contributed by atoms with Gasteiger partial charge in [0.1, 0.15) is 6.07 Å². The normalized spacial score (nSPS) is 10.0. The highest BCUT2D eigenvalue weighted by atomic mass is 16.5. The Bertz CT molecular complexity index is 278. The van der Waals surface area contributed by atoms with Crippen LogP contribution in [0.4, 0.5) is 4.79 Å². The van der Waals surface area contributed by atoms with E-state index >= 15 is 0 Å². The number of hydrogen-bond donors (Lipinski definition) is 2. The second-order valence-corrected chi connectivity index (χ2v) is 1.71. The van der Waals surface area contributed by atoms with E-state index in [1.807, 2.05) is 0 Å². The molecule has 0 radical (unpaired) electrons. The largest absolute Gasteiger partial charge is 0.464 e. The number of carbonyl (C=O) groups is 2. The molecule has 0 aliphatic carbocycles. The van der Waals surface area contributed by atoms with Gasteiger partial charge < -0.3 is 9.84 Å². The monoisotopic (exact) mass is 185 g/mol. The lowest BCUT2D eigenvalue weighted by molar-refractivity contribution is -0.134. The number of esters is 1. The van der Waals surface area contributed by atoms with Crippen molar-refractivity contribution in [3.63, 3.8) is 0 Å². The zero-order valence-electron chi connectivity index (χ0n) is 6.77. The molecule has 0 aliphatic rings. The number of amides is 1. The third-order valence-corrected chi connectivity index (χ3v) is 0.838. The molecule has 13 heavy (non-hydrogen) atoms. The Hall–Kier alpha value is -2.10. The Morgan fingerprint density at radius 2 is 2.31 bits per heavy atom. The van der Waals surface area contributed by atoms with Crippen LogP contribution in [-0.4, -0.2) is 29.5 Å². The van der Waals surface area contributed by atoms with Crippen LogP contribution >= 0.6 is 0 Å². The molecule has 0 bridgehead atoms. The zero-order chi connectivity index (χ0) is 10.3. The van der Waals surface area contributed by atoms with Gasteiger partial charge >= 0.3 is 12.1 Å². The van der Waals surface area contributed by atoms with E-state index in [4.69, 9.17) is 10.4 Å². The molecule has 70 valence electrons. The molecule has 2 N–H and O–H groups in total. The van der Waals surface area contributed by atoms with Crippen LogP contribution in [0, 0.1) is 11.3 Å². The summed E-state index contributed by atoms with van der Waals surface area (Å²) in [6, 6.07) is 1.39. The van der Waals surface area contributed by atoms with Crippen LogP contribution in [0.25, 0.3) is 0 Å². The van der Waals surface area contributed by atoms with E-state index in [0.717, 1.165) is 0 Å². The maximum atomic E-state index is 10.8. The first-order chi connectivity index (χ1) is 6.11. The van der Waals surface area contributed by atoms with E-state index in [2.05, 4.69) is 9.84 Å². The summed E-state index contributed by atoms with van der Waals surface area (Å²) in [5, 5.41) is 19.4. The van der Waals surface area contributed by atoms with Crippen LogP contribution in [0.2, 0.25) is 0 Å². The molecule has 7 heteroatoms. The van der Waals surface area contributed by atoms with Crippen LogP contribution in [0.5, 0.6) is 0 Å². The van der Waals surface area contributed by atoms with Gasteiger partial charge in [-0.2, -0.15) is 10.4 Å². The van der Waals surface area contributed by atoms with Crippen molar-refractivity contribution in [2.75, 3.05) is 6.61 Å². The summed E-state index contributed by atoms with van der Waals surface area (Å²) >= 11 is 0. The number of hydrogen-bond acceptors (Lipinski definition) is 5. The first-order valence-corrected chi connectivity index (χ1v) is 3.25. The summed E-state index contributed by atoms with van der Waals surface area (Å²) in [6.45, 7) is 1.64. The lowest BCUT2D eigenvalue weighted by Gasteiger charge is -1.97. The Labute approximate surface area is 73.6 Å². The van der Waals surface area contributed by atoms with Crippen LogP contribution in [0.1, 0.15) is 6.92 Å². The van der Waals surface area contributed by atoms with Gasteiger partial charge in [0.15, 0.2) is 0 Å². The van der Waals surface area contributed by atoms with Crippen molar-refractivity contribution in [3.8, 4) is 6.07 Å². The van der Waals surface area contributed by atoms with Crippen LogP contribution in [0.3, 0.4) is 0 Å². The van der Waals surface area contributed by atoms with Gasteiger partial charge in [-0.25, -0.2) is 15.0 Å². The van der Waals surface area contributed by atoms with Crippen molar-refractivity contribution >= 4 is 17.8 Å². The molecule has 0 unspecified atom stereocenters. The van der Waals surface area contributed by atoms with Crippen molar-refractivity contribution in [3.05, 3.63) is 0 Å². The van der Waals surface area contributed by atoms with Gasteiger partial charge in [-0.05, 0) is 6.92 Å². The van der Waals surface area contributed by atoms with Gasteiger partial charge in [-0.3, -0.25) is 0 Å². The minimum absolute atomic E-state index is 0.0899. The number of nitriles is 1. The van der Waals surface area contributed by atoms with Crippen molar-refractivity contribution < 1.29 is 19.4 Å². The van der Waals surface area contributed by atoms with Crippen molar-refractivity contribution in [1.82, 2.24) is 5.43 Å². The summed E-state index contributed by atoms with van der Waals surface area (Å²) in [7, 11) is 0. The standard InChI is InChI=1S/C6H7N3O4/c1-2-13-5(10)4(3-7)8-9-6(11)12/h9H,2H2,1H3,(H,11,12)/b8-4-. The minimum atomic E-state index is -1.46. The van der Waals surface area contributed by atoms with Crippen molar-refractivity contribution in [2.24, 2.45) is 5.10 Å². The number of hydrazone groups is 1. The molecule has 0 saturated heterocycles. The van der Waals surface area contributed by atoms with Crippen LogP contribution < -0.4 is 5.43 Å². The average Bonchev–Trinajstić information content (AvgIpc) is 2.05. The van der Waals surface area contributed by atoms with Gasteiger partial charge in [-0.15, -0.1) is 0 Å². The number of nitrogens with one attached hydrogen (secondary N) is 1. The fraction of sp³-hybridized carbons (Fsp3) is 0.333. The maximum Gasteiger partial charge on any atom is 0.425 e. The van der Waals surface area contributed by atoms with E-state index in [-0.39, 0.29) is 6.61 Å². The summed E-state index contributed by atoms with van der Waals surface area (Å²) in [6.07, 6.45) is -1.46. The van der Waals surface area contributed by atoms with E-state index in [0.29, 0.717) is 0 Å². The van der Waals surface area contributed by atoms with Crippen LogP contribution in [-0.2, 0) is 9.53 Å². The summed E-state index contributed by atoms with van der Waals surface area (Å²) in [4.78, 5) is 20.7. The van der Waals surface area contributed by atoms with E-state index in [1.54, 1.807) is 6.92 Å². The molecule has 0 atom stereocenters. The third kappa shape index (κ3) is 4.36. The zero-order valence-corrected chi connectivity index (χ0v) is 6.77. The van der Waals surface area contributed by atoms with Gasteiger partial charge in [0.25, 0.3) is 0 Å². The molecule has 0 rings (SSSR count). The Morgan fingerprint density at radius 1 is 1.69 bits per heavy atom. The SMILES string of the molecule is CCOC(=O)/C(C#N)=N\NC(=O)O. The molecule has 0 aromatic rings. The first kappa shape index (κ1) is 10.9. The average molecular weight is 185 g/mol. The predicted molar refractivity (Wildman–Crippen MR) is 40.8 cm³/mol. The highest BCUT2D eigenvalue weighted by Gasteiger charge is 2.11. The quantitative estimate of drug-likeness (QED) is 0.356. The highest BCUT2D eigenvalue weighted by Crippen LogP contribution is 1.82. The molecule has 0 aromatic carbocycles. The minimum Gasteiger partial charge on any atom is -0.464 e. The summed E-state index contributed by atoms with van der Waals surface area (Å²) in [5.41, 5.74) is 0.882. The van der Waals surface area contributed by atoms with Crippen molar-refractivity contribution in [1.29, 1.82) is 5.26 Å². The summed E-state index contributed by atoms with van der Waals surface area (Å²) in [5.74, 6) is -0.959. The molecule has 0 aromatic heterocycles. The van der Waals surface area contributed by atoms with Gasteiger partial charge in [0.05, 0.1) is 6.61 Å². The van der Waals surface area contributed by atoms with Gasteiger partial charge in [0.2, 0.25) is 5.71 Å². The molecule has 1 amide bonds. The fourth-order valence-electron chi connectivity index (χ4n) is 0.419. The maximum absolute atomic E-state index is 10.8. The molecule has 0 saturated carbocycles. The van der Waals surface area contributed by atoms with E-state index < -0.39 is 17.8 Å². The number of carboxylic acid groups (broad SMARTS) is 1. The summed E-state index contributed by atoms with van der Waals surface area (Å²) < 4.78 is 4.40. The van der Waals surface area contributed by atoms with Gasteiger partial charge in [0, 0.05) is 0 Å². The molecule has 0 heterocycles. The van der Waals surface area contributed by atoms with E-state index in [9.17, 15) is 9.59 Å². The Kier molecular flexibility index (Phi) is 4.64. The number of nitrogens with zero attached hydrogens (tertiary/aromatic N) is 2. The Morgan fingerprint density at radius 3 is 2.69 bits per heavy atom.